The van der Waals surface area contributed by atoms with Gasteiger partial charge >= 0.3 is 17.3 Å². The molecule has 0 saturated carbocycles. The van der Waals surface area contributed by atoms with Gasteiger partial charge in [0.05, 0.1) is 9.85 Å². The summed E-state index contributed by atoms with van der Waals surface area (Å²) < 4.78 is 5.67. The Balaban J connectivity index is 2.50. The van der Waals surface area contributed by atoms with E-state index in [4.69, 9.17) is 10.5 Å². The summed E-state index contributed by atoms with van der Waals surface area (Å²) in [7, 11) is 0. The first-order valence-corrected chi connectivity index (χ1v) is 6.20. The number of nitrogens with zero attached hydrogens (tertiary/aromatic N) is 3. The molecule has 1 heterocycles. The van der Waals surface area contributed by atoms with Gasteiger partial charge in [0.15, 0.2) is 0 Å². The fraction of sp³-hybridized carbons (Fsp3) is 0. The Morgan fingerprint density at radius 3 is 2.38 bits per heavy atom. The van der Waals surface area contributed by atoms with Crippen LogP contribution in [0.15, 0.2) is 34.8 Å². The van der Waals surface area contributed by atoms with E-state index in [1.54, 1.807) is 0 Å². The van der Waals surface area contributed by atoms with Gasteiger partial charge in [0.2, 0.25) is 5.75 Å². The molecule has 2 N–H and O–H groups in total. The largest absolute Gasteiger partial charge is 0.426 e. The monoisotopic (exact) mass is 354 g/mol. The SMILES string of the molecule is Nc1ccc([N+](=O)[O-])c(Oc2ccc(Br)cc2[N+](=O)[O-])n1. The number of rotatable bonds is 4. The Hall–Kier alpha value is -2.75. The minimum absolute atomic E-state index is 0.00429. The van der Waals surface area contributed by atoms with E-state index in [1.807, 2.05) is 0 Å². The molecule has 0 saturated heterocycles. The highest BCUT2D eigenvalue weighted by molar-refractivity contribution is 9.10. The number of aromatic nitrogens is 1. The third kappa shape index (κ3) is 3.23. The van der Waals surface area contributed by atoms with Gasteiger partial charge in [0, 0.05) is 16.6 Å². The van der Waals surface area contributed by atoms with Crippen molar-refractivity contribution in [2.45, 2.75) is 0 Å². The molecule has 0 unspecified atom stereocenters. The zero-order chi connectivity index (χ0) is 15.6. The molecular weight excluding hydrogens is 348 g/mol. The van der Waals surface area contributed by atoms with Crippen molar-refractivity contribution in [2.24, 2.45) is 0 Å². The number of nitrogens with two attached hydrogens (primary N) is 1. The molecule has 0 aliphatic carbocycles. The summed E-state index contributed by atoms with van der Waals surface area (Å²) in [5.41, 5.74) is 4.65. The van der Waals surface area contributed by atoms with Gasteiger partial charge in [0.25, 0.3) is 0 Å². The summed E-state index contributed by atoms with van der Waals surface area (Å²) in [6.07, 6.45) is 0. The van der Waals surface area contributed by atoms with E-state index in [0.717, 1.165) is 6.07 Å². The van der Waals surface area contributed by atoms with Crippen LogP contribution in [0, 0.1) is 20.2 Å². The molecule has 9 nitrogen and oxygen atoms in total. The third-order valence-electron chi connectivity index (χ3n) is 2.38. The summed E-state index contributed by atoms with van der Waals surface area (Å²) in [4.78, 5) is 24.2. The van der Waals surface area contributed by atoms with Gasteiger partial charge in [-0.3, -0.25) is 20.2 Å². The topological polar surface area (TPSA) is 134 Å². The second-order valence-corrected chi connectivity index (χ2v) is 4.70. The molecule has 0 atom stereocenters. The maximum atomic E-state index is 11.0. The van der Waals surface area contributed by atoms with E-state index < -0.39 is 21.4 Å². The number of hydrogen-bond acceptors (Lipinski definition) is 7. The lowest BCUT2D eigenvalue weighted by Crippen LogP contribution is -2.00. The second-order valence-electron chi connectivity index (χ2n) is 3.79. The summed E-state index contributed by atoms with van der Waals surface area (Å²) in [5, 5.41) is 21.9. The smallest absolute Gasteiger partial charge is 0.331 e. The molecular formula is C11H7BrN4O5. The van der Waals surface area contributed by atoms with Gasteiger partial charge in [-0.1, -0.05) is 15.9 Å². The maximum Gasteiger partial charge on any atom is 0.331 e. The predicted octanol–water partition coefficient (Wildman–Crippen LogP) is 3.04. The lowest BCUT2D eigenvalue weighted by Gasteiger charge is -2.06. The van der Waals surface area contributed by atoms with E-state index in [-0.39, 0.29) is 17.3 Å². The molecule has 2 rings (SSSR count). The van der Waals surface area contributed by atoms with Gasteiger partial charge in [-0.25, -0.2) is 0 Å². The molecule has 108 valence electrons. The van der Waals surface area contributed by atoms with Crippen LogP contribution in [0.1, 0.15) is 0 Å². The minimum atomic E-state index is -0.716. The summed E-state index contributed by atoms with van der Waals surface area (Å²) in [6.45, 7) is 0. The van der Waals surface area contributed by atoms with E-state index in [2.05, 4.69) is 20.9 Å². The highest BCUT2D eigenvalue weighted by Crippen LogP contribution is 2.36. The molecule has 0 aliphatic rings. The number of benzene rings is 1. The standard InChI is InChI=1S/C11H7BrN4O5/c12-6-1-3-9(8(5-6)16(19)20)21-11-7(15(17)18)2-4-10(13)14-11/h1-5H,(H2,13,14). The highest BCUT2D eigenvalue weighted by atomic mass is 79.9. The zero-order valence-corrected chi connectivity index (χ0v) is 11.8. The van der Waals surface area contributed by atoms with Crippen LogP contribution in [-0.2, 0) is 0 Å². The van der Waals surface area contributed by atoms with Crippen LogP contribution in [0.3, 0.4) is 0 Å². The van der Waals surface area contributed by atoms with Crippen molar-refractivity contribution in [3.05, 3.63) is 55.0 Å². The molecule has 10 heteroatoms. The Labute approximate surface area is 125 Å². The third-order valence-corrected chi connectivity index (χ3v) is 2.88. The lowest BCUT2D eigenvalue weighted by molar-refractivity contribution is -0.387. The zero-order valence-electron chi connectivity index (χ0n) is 10.2. The van der Waals surface area contributed by atoms with E-state index >= 15 is 0 Å². The molecule has 1 aromatic heterocycles. The molecule has 0 radical (unpaired) electrons. The number of anilines is 1. The van der Waals surface area contributed by atoms with Crippen LogP contribution in [-0.4, -0.2) is 14.8 Å². The predicted molar refractivity (Wildman–Crippen MR) is 76.2 cm³/mol. The van der Waals surface area contributed by atoms with Crippen LogP contribution in [0.25, 0.3) is 0 Å². The number of nitro groups is 2. The van der Waals surface area contributed by atoms with Crippen LogP contribution < -0.4 is 10.5 Å². The fourth-order valence-electron chi connectivity index (χ4n) is 1.49. The number of ether oxygens (including phenoxy) is 1. The molecule has 0 fully saturated rings. The minimum Gasteiger partial charge on any atom is -0.426 e. The van der Waals surface area contributed by atoms with Crippen LogP contribution >= 0.6 is 15.9 Å². The summed E-state index contributed by atoms with van der Waals surface area (Å²) >= 11 is 3.10. The Kier molecular flexibility index (Phi) is 3.98. The van der Waals surface area contributed by atoms with Crippen molar-refractivity contribution in [1.82, 2.24) is 4.98 Å². The Morgan fingerprint density at radius 1 is 1.10 bits per heavy atom. The van der Waals surface area contributed by atoms with E-state index in [0.29, 0.717) is 4.47 Å². The van der Waals surface area contributed by atoms with Crippen molar-refractivity contribution in [3.63, 3.8) is 0 Å². The lowest BCUT2D eigenvalue weighted by atomic mass is 10.3. The molecule has 2 aromatic rings. The first-order valence-electron chi connectivity index (χ1n) is 5.41. The molecule has 0 spiro atoms. The average Bonchev–Trinajstić information content (AvgIpc) is 2.40. The van der Waals surface area contributed by atoms with Crippen molar-refractivity contribution in [3.8, 4) is 11.6 Å². The first kappa shape index (κ1) is 14.7. The van der Waals surface area contributed by atoms with E-state index in [1.165, 1.54) is 24.3 Å². The quantitative estimate of drug-likeness (QED) is 0.658. The molecule has 1 aromatic carbocycles. The van der Waals surface area contributed by atoms with Crippen LogP contribution in [0.2, 0.25) is 0 Å². The number of halogens is 1. The Morgan fingerprint density at radius 2 is 1.76 bits per heavy atom. The normalized spacial score (nSPS) is 10.1. The van der Waals surface area contributed by atoms with Crippen LogP contribution in [0.5, 0.6) is 11.6 Å². The Bertz CT molecular complexity index is 737. The number of nitrogen functional groups attached to an aromatic ring is 1. The van der Waals surface area contributed by atoms with E-state index in [9.17, 15) is 20.2 Å². The highest BCUT2D eigenvalue weighted by Gasteiger charge is 2.22. The number of pyridine rings is 1. The number of hydrogen-bond donors (Lipinski definition) is 1. The van der Waals surface area contributed by atoms with Gasteiger partial charge in [-0.05, 0) is 18.2 Å². The fourth-order valence-corrected chi connectivity index (χ4v) is 1.83. The van der Waals surface area contributed by atoms with Gasteiger partial charge in [-0.2, -0.15) is 4.98 Å². The molecule has 0 bridgehead atoms. The second kappa shape index (κ2) is 5.71. The van der Waals surface area contributed by atoms with Gasteiger partial charge in [0.1, 0.15) is 5.82 Å². The van der Waals surface area contributed by atoms with Crippen molar-refractivity contribution < 1.29 is 14.6 Å². The summed E-state index contributed by atoms with van der Waals surface area (Å²) in [5.74, 6) is -0.592. The average molecular weight is 355 g/mol. The summed E-state index contributed by atoms with van der Waals surface area (Å²) in [6, 6.07) is 6.37. The molecule has 0 aliphatic heterocycles. The van der Waals surface area contributed by atoms with Crippen molar-refractivity contribution in [1.29, 1.82) is 0 Å². The molecule has 21 heavy (non-hydrogen) atoms. The van der Waals surface area contributed by atoms with Crippen LogP contribution in [0.4, 0.5) is 17.2 Å². The molecule has 0 amide bonds. The van der Waals surface area contributed by atoms with Gasteiger partial charge < -0.3 is 10.5 Å². The maximum absolute atomic E-state index is 11.0. The van der Waals surface area contributed by atoms with Gasteiger partial charge in [-0.15, -0.1) is 0 Å². The van der Waals surface area contributed by atoms with Crippen molar-refractivity contribution in [2.75, 3.05) is 5.73 Å². The first-order chi connectivity index (χ1) is 9.88. The van der Waals surface area contributed by atoms with Crippen molar-refractivity contribution >= 4 is 33.1 Å². The number of nitro benzene ring substituents is 1.